The van der Waals surface area contributed by atoms with Crippen LogP contribution in [0.3, 0.4) is 0 Å². The molecule has 228 valence electrons. The number of urea groups is 1. The molecule has 3 aliphatic rings. The number of hydrogen-bond acceptors (Lipinski definition) is 10. The zero-order valence-corrected chi connectivity index (χ0v) is 25.5. The molecule has 5 heterocycles. The fourth-order valence-corrected chi connectivity index (χ4v) is 5.33. The van der Waals surface area contributed by atoms with Gasteiger partial charge in [-0.25, -0.2) is 29.7 Å². The van der Waals surface area contributed by atoms with Gasteiger partial charge in [0.1, 0.15) is 36.6 Å². The normalized spacial score (nSPS) is 19.9. The Balaban J connectivity index is 0.000000238. The quantitative estimate of drug-likeness (QED) is 0.236. The summed E-state index contributed by atoms with van der Waals surface area (Å²) in [4.78, 5) is 61.8. The van der Waals surface area contributed by atoms with Crippen molar-refractivity contribution in [2.24, 2.45) is 5.92 Å². The number of imidazole rings is 1. The molecule has 4 aromatic rings. The van der Waals surface area contributed by atoms with E-state index in [-0.39, 0.29) is 30.4 Å². The second kappa shape index (κ2) is 11.6. The first-order valence-electron chi connectivity index (χ1n) is 14.8. The lowest BCUT2D eigenvalue weighted by molar-refractivity contribution is -0.123. The third-order valence-electron chi connectivity index (χ3n) is 8.54. The van der Waals surface area contributed by atoms with E-state index < -0.39 is 0 Å². The highest BCUT2D eigenvalue weighted by Gasteiger charge is 2.40. The summed E-state index contributed by atoms with van der Waals surface area (Å²) in [6.07, 6.45) is 11.6. The van der Waals surface area contributed by atoms with Crippen molar-refractivity contribution in [1.82, 2.24) is 34.2 Å². The summed E-state index contributed by atoms with van der Waals surface area (Å²) in [5.41, 5.74) is 4.33. The molecule has 13 heteroatoms. The Hall–Kier alpha value is -4.94. The van der Waals surface area contributed by atoms with E-state index in [2.05, 4.69) is 38.4 Å². The van der Waals surface area contributed by atoms with Gasteiger partial charge in [-0.15, -0.1) is 0 Å². The second-order valence-corrected chi connectivity index (χ2v) is 11.6. The number of fused-ring (bicyclic) bond motifs is 1. The van der Waals surface area contributed by atoms with Gasteiger partial charge in [0.2, 0.25) is 5.91 Å². The molecular weight excluding hydrogens is 560 g/mol. The van der Waals surface area contributed by atoms with Gasteiger partial charge < -0.3 is 19.4 Å². The zero-order chi connectivity index (χ0) is 31.1. The Labute approximate surface area is 255 Å². The van der Waals surface area contributed by atoms with Crippen LogP contribution in [0, 0.1) is 12.8 Å². The van der Waals surface area contributed by atoms with Gasteiger partial charge in [0, 0.05) is 63.3 Å². The summed E-state index contributed by atoms with van der Waals surface area (Å²) >= 11 is 0. The molecule has 0 spiro atoms. The van der Waals surface area contributed by atoms with Gasteiger partial charge in [-0.2, -0.15) is 0 Å². The maximum Gasteiger partial charge on any atom is 0.331 e. The molecule has 0 bridgehead atoms. The molecule has 13 nitrogen and oxygen atoms in total. The van der Waals surface area contributed by atoms with Gasteiger partial charge in [-0.05, 0) is 56.7 Å². The van der Waals surface area contributed by atoms with Crippen LogP contribution < -0.4 is 15.1 Å². The fourth-order valence-electron chi connectivity index (χ4n) is 5.33. The molecule has 3 amide bonds. The van der Waals surface area contributed by atoms with E-state index >= 15 is 0 Å². The highest BCUT2D eigenvalue weighted by atomic mass is 16.2. The van der Waals surface area contributed by atoms with Crippen LogP contribution in [0.4, 0.5) is 22.1 Å². The number of nitrogens with one attached hydrogen (secondary N) is 1. The summed E-state index contributed by atoms with van der Waals surface area (Å²) in [6.45, 7) is 4.02. The Morgan fingerprint density at radius 1 is 1.11 bits per heavy atom. The predicted molar refractivity (Wildman–Crippen MR) is 165 cm³/mol. The van der Waals surface area contributed by atoms with Gasteiger partial charge in [0.05, 0.1) is 17.4 Å². The summed E-state index contributed by atoms with van der Waals surface area (Å²) < 4.78 is 1.98. The van der Waals surface area contributed by atoms with Crippen LogP contribution in [0.15, 0.2) is 43.1 Å². The van der Waals surface area contributed by atoms with Crippen LogP contribution in [0.2, 0.25) is 0 Å². The van der Waals surface area contributed by atoms with Gasteiger partial charge >= 0.3 is 6.03 Å². The Morgan fingerprint density at radius 3 is 2.55 bits per heavy atom. The maximum absolute atomic E-state index is 12.7. The summed E-state index contributed by atoms with van der Waals surface area (Å²) in [5.74, 6) is 3.09. The number of carbonyl (C=O) groups excluding carboxylic acids is 3. The predicted octanol–water partition coefficient (Wildman–Crippen LogP) is 3.73. The van der Waals surface area contributed by atoms with Gasteiger partial charge in [-0.3, -0.25) is 14.6 Å². The van der Waals surface area contributed by atoms with Crippen molar-refractivity contribution in [3.63, 3.8) is 0 Å². The molecule has 1 N–H and O–H groups in total. The minimum atomic E-state index is -0.319. The number of nitrogens with zero attached hydrogens (tertiary/aromatic N) is 9. The Bertz CT molecular complexity index is 1730. The number of anilines is 3. The molecule has 0 radical (unpaired) electrons. The van der Waals surface area contributed by atoms with E-state index in [4.69, 9.17) is 4.98 Å². The molecule has 2 saturated carbocycles. The number of pyridine rings is 1. The SMILES string of the molecule is CNc1cc(N(C)C(C)c2cn3cc(C4CC4)cc(N4CC(=O)N(C)C4=O)c3n2)ncn1.Cc1ccnc([C@H]2CC2C=O)n1. The molecule has 1 aliphatic heterocycles. The maximum atomic E-state index is 12.7. The molecule has 0 aromatic carbocycles. The summed E-state index contributed by atoms with van der Waals surface area (Å²) in [7, 11) is 5.30. The molecule has 44 heavy (non-hydrogen) atoms. The largest absolute Gasteiger partial charge is 0.373 e. The molecular formula is C31H36N10O3. The third-order valence-corrected chi connectivity index (χ3v) is 8.54. The van der Waals surface area contributed by atoms with E-state index in [9.17, 15) is 14.4 Å². The first-order valence-corrected chi connectivity index (χ1v) is 14.8. The van der Waals surface area contributed by atoms with Crippen LogP contribution in [0.1, 0.15) is 66.8 Å². The van der Waals surface area contributed by atoms with E-state index in [0.29, 0.717) is 23.2 Å². The number of carbonyl (C=O) groups is 3. The monoisotopic (exact) mass is 596 g/mol. The molecule has 2 aliphatic carbocycles. The number of aryl methyl sites for hydroxylation is 1. The number of amides is 3. The Kier molecular flexibility index (Phi) is 7.70. The lowest BCUT2D eigenvalue weighted by Crippen LogP contribution is -2.30. The van der Waals surface area contributed by atoms with Crippen molar-refractivity contribution >= 4 is 41.2 Å². The van der Waals surface area contributed by atoms with Crippen LogP contribution in [-0.4, -0.2) is 80.1 Å². The summed E-state index contributed by atoms with van der Waals surface area (Å²) in [5, 5.41) is 3.03. The fraction of sp³-hybridized carbons (Fsp3) is 0.419. The number of likely N-dealkylation sites (N-methyl/N-ethyl adjacent to an activating group) is 1. The lowest BCUT2D eigenvalue weighted by Gasteiger charge is -2.24. The van der Waals surface area contributed by atoms with Crippen LogP contribution in [0.5, 0.6) is 0 Å². The average Bonchev–Trinajstić information content (AvgIpc) is 3.97. The van der Waals surface area contributed by atoms with Gasteiger partial charge in [-0.1, -0.05) is 0 Å². The van der Waals surface area contributed by atoms with E-state index in [1.54, 1.807) is 6.20 Å². The first kappa shape index (κ1) is 29.1. The van der Waals surface area contributed by atoms with Crippen LogP contribution in [0.25, 0.3) is 5.65 Å². The van der Waals surface area contributed by atoms with Crippen LogP contribution in [-0.2, 0) is 9.59 Å². The van der Waals surface area contributed by atoms with E-state index in [0.717, 1.165) is 59.3 Å². The van der Waals surface area contributed by atoms with Gasteiger partial charge in [0.25, 0.3) is 0 Å². The topological polar surface area (TPSA) is 142 Å². The van der Waals surface area contributed by atoms with Crippen molar-refractivity contribution in [3.8, 4) is 0 Å². The van der Waals surface area contributed by atoms with Crippen molar-refractivity contribution in [1.29, 1.82) is 0 Å². The molecule has 3 fully saturated rings. The van der Waals surface area contributed by atoms with Crippen LogP contribution >= 0.6 is 0 Å². The van der Waals surface area contributed by atoms with E-state index in [1.807, 2.05) is 54.7 Å². The minimum Gasteiger partial charge on any atom is -0.373 e. The Morgan fingerprint density at radius 2 is 1.91 bits per heavy atom. The highest BCUT2D eigenvalue weighted by Crippen LogP contribution is 2.44. The average molecular weight is 597 g/mol. The van der Waals surface area contributed by atoms with Crippen molar-refractivity contribution < 1.29 is 14.4 Å². The molecule has 7 rings (SSSR count). The lowest BCUT2D eigenvalue weighted by atomic mass is 10.1. The zero-order valence-electron chi connectivity index (χ0n) is 25.5. The number of hydrogen-bond donors (Lipinski definition) is 1. The minimum absolute atomic E-state index is 0.0322. The molecule has 2 unspecified atom stereocenters. The van der Waals surface area contributed by atoms with Crippen molar-refractivity contribution in [2.75, 3.05) is 42.8 Å². The van der Waals surface area contributed by atoms with Crippen molar-refractivity contribution in [2.45, 2.75) is 51.0 Å². The smallest absolute Gasteiger partial charge is 0.331 e. The number of aromatic nitrogens is 6. The number of imide groups is 1. The molecule has 3 atom stereocenters. The standard InChI is InChI=1S/C22H26N8O2.C9H10N2O/c1-13(27(3)19-8-18(23-2)24-12-25-19)16-10-29-9-15(14-5-6-14)7-17(21(29)26-16)30-11-20(31)28(4)22(30)32;1-6-2-3-10-9(11-6)8-4-7(8)5-12/h7-10,12-14H,5-6,11H2,1-4H3,(H,23,24,25);2-3,5,7-8H,4H2,1H3/t;7?,8-/m.0/s1. The van der Waals surface area contributed by atoms with Gasteiger partial charge in [0.15, 0.2) is 5.65 Å². The van der Waals surface area contributed by atoms with E-state index in [1.165, 1.54) is 23.8 Å². The second-order valence-electron chi connectivity index (χ2n) is 11.6. The van der Waals surface area contributed by atoms with Crippen molar-refractivity contribution in [3.05, 3.63) is 65.9 Å². The first-order chi connectivity index (χ1) is 21.2. The highest BCUT2D eigenvalue weighted by molar-refractivity contribution is 6.13. The summed E-state index contributed by atoms with van der Waals surface area (Å²) in [6, 6.07) is 5.37. The third kappa shape index (κ3) is 5.69. The number of aldehydes is 1. The molecule has 1 saturated heterocycles. The molecule has 4 aromatic heterocycles. The number of rotatable bonds is 8.